The van der Waals surface area contributed by atoms with Crippen molar-refractivity contribution in [1.82, 2.24) is 14.9 Å². The summed E-state index contributed by atoms with van der Waals surface area (Å²) in [6.45, 7) is 4.49. The van der Waals surface area contributed by atoms with Gasteiger partial charge in [-0.3, -0.25) is 14.2 Å². The molecule has 0 unspecified atom stereocenters. The van der Waals surface area contributed by atoms with Crippen molar-refractivity contribution in [3.05, 3.63) is 38.9 Å². The Morgan fingerprint density at radius 3 is 3.04 bits per heavy atom. The number of nitrogens with one attached hydrogen (secondary N) is 2. The molecule has 24 heavy (non-hydrogen) atoms. The van der Waals surface area contributed by atoms with E-state index in [9.17, 15) is 9.59 Å². The van der Waals surface area contributed by atoms with E-state index in [4.69, 9.17) is 17.0 Å². The number of hydrogen-bond acceptors (Lipinski definition) is 4. The lowest BCUT2D eigenvalue weighted by molar-refractivity contribution is 0.0536. The van der Waals surface area contributed by atoms with E-state index in [0.29, 0.717) is 46.9 Å². The predicted octanol–water partition coefficient (Wildman–Crippen LogP) is 2.24. The van der Waals surface area contributed by atoms with Gasteiger partial charge in [0.15, 0.2) is 4.77 Å². The minimum Gasteiger partial charge on any atom is -0.381 e. The Kier molecular flexibility index (Phi) is 5.11. The van der Waals surface area contributed by atoms with Crippen molar-refractivity contribution < 1.29 is 9.53 Å². The maximum absolute atomic E-state index is 12.4. The first-order valence-electron chi connectivity index (χ1n) is 8.23. The zero-order chi connectivity index (χ0) is 17.1. The molecule has 2 N–H and O–H groups in total. The van der Waals surface area contributed by atoms with E-state index >= 15 is 0 Å². The first-order valence-corrected chi connectivity index (χ1v) is 8.63. The molecular formula is C17H21N3O3S. The smallest absolute Gasteiger partial charge is 0.262 e. The molecule has 6 nitrogen and oxygen atoms in total. The van der Waals surface area contributed by atoms with Crippen molar-refractivity contribution in [3.63, 3.8) is 0 Å². The maximum atomic E-state index is 12.4. The molecule has 1 atom stereocenters. The molecular weight excluding hydrogens is 326 g/mol. The van der Waals surface area contributed by atoms with Crippen molar-refractivity contribution >= 4 is 29.0 Å². The van der Waals surface area contributed by atoms with Gasteiger partial charge in [-0.25, -0.2) is 0 Å². The number of H-pyrrole nitrogens is 1. The maximum Gasteiger partial charge on any atom is 0.262 e. The molecule has 0 saturated carbocycles. The second-order valence-electron chi connectivity index (χ2n) is 6.03. The molecule has 1 amide bonds. The number of aromatic nitrogens is 2. The van der Waals surface area contributed by atoms with E-state index in [1.165, 1.54) is 4.57 Å². The van der Waals surface area contributed by atoms with Crippen LogP contribution in [0.15, 0.2) is 23.0 Å². The summed E-state index contributed by atoms with van der Waals surface area (Å²) in [5, 5.41) is 3.47. The number of nitrogens with zero attached hydrogens (tertiary/aromatic N) is 1. The van der Waals surface area contributed by atoms with Gasteiger partial charge in [-0.2, -0.15) is 0 Å². The third-order valence-electron chi connectivity index (χ3n) is 4.37. The largest absolute Gasteiger partial charge is 0.381 e. The summed E-state index contributed by atoms with van der Waals surface area (Å²) < 4.78 is 7.29. The summed E-state index contributed by atoms with van der Waals surface area (Å²) in [6.07, 6.45) is 2.11. The molecule has 1 aliphatic rings. The highest BCUT2D eigenvalue weighted by Gasteiger charge is 2.16. The van der Waals surface area contributed by atoms with Crippen LogP contribution < -0.4 is 10.9 Å². The first kappa shape index (κ1) is 16.9. The van der Waals surface area contributed by atoms with Crippen molar-refractivity contribution in [1.29, 1.82) is 0 Å². The van der Waals surface area contributed by atoms with Crippen LogP contribution in [0.3, 0.4) is 0 Å². The zero-order valence-electron chi connectivity index (χ0n) is 13.6. The average Bonchev–Trinajstić information content (AvgIpc) is 2.60. The third-order valence-corrected chi connectivity index (χ3v) is 4.69. The van der Waals surface area contributed by atoms with Crippen LogP contribution in [0, 0.1) is 10.7 Å². The molecule has 1 aromatic heterocycles. The summed E-state index contributed by atoms with van der Waals surface area (Å²) in [5.74, 6) is 0.215. The Balaban J connectivity index is 1.81. The molecule has 1 fully saturated rings. The number of benzene rings is 1. The molecule has 0 bridgehead atoms. The standard InChI is InChI=1S/C17H21N3O3S/c1-2-20-16(22)13-6-5-12(8-14(13)19-17(20)24)15(21)18-9-11-4-3-7-23-10-11/h5-6,8,11H,2-4,7,9-10H2,1H3,(H,18,21)(H,19,24)/t11-/m0/s1. The number of amides is 1. The molecule has 2 heterocycles. The number of fused-ring (bicyclic) bond motifs is 1. The van der Waals surface area contributed by atoms with Crippen molar-refractivity contribution in [2.45, 2.75) is 26.3 Å². The lowest BCUT2D eigenvalue weighted by atomic mass is 10.0. The zero-order valence-corrected chi connectivity index (χ0v) is 14.4. The predicted molar refractivity (Wildman–Crippen MR) is 94.9 cm³/mol. The fourth-order valence-electron chi connectivity index (χ4n) is 2.99. The molecule has 7 heteroatoms. The molecule has 3 rings (SSSR count). The van der Waals surface area contributed by atoms with Gasteiger partial charge in [0, 0.05) is 25.3 Å². The molecule has 2 aromatic rings. The van der Waals surface area contributed by atoms with Gasteiger partial charge in [-0.1, -0.05) is 0 Å². The minimum atomic E-state index is -0.151. The highest BCUT2D eigenvalue weighted by atomic mass is 32.1. The second kappa shape index (κ2) is 7.27. The van der Waals surface area contributed by atoms with Crippen LogP contribution in [0.2, 0.25) is 0 Å². The van der Waals surface area contributed by atoms with Gasteiger partial charge < -0.3 is 15.0 Å². The number of carbonyl (C=O) groups is 1. The summed E-state index contributed by atoms with van der Waals surface area (Å²) in [4.78, 5) is 27.7. The van der Waals surface area contributed by atoms with Gasteiger partial charge in [-0.15, -0.1) is 0 Å². The lowest BCUT2D eigenvalue weighted by Gasteiger charge is -2.22. The highest BCUT2D eigenvalue weighted by molar-refractivity contribution is 7.71. The lowest BCUT2D eigenvalue weighted by Crippen LogP contribution is -2.33. The van der Waals surface area contributed by atoms with Gasteiger partial charge in [0.05, 0.1) is 17.5 Å². The molecule has 0 radical (unpaired) electrons. The van der Waals surface area contributed by atoms with Crippen LogP contribution >= 0.6 is 12.2 Å². The molecule has 128 valence electrons. The van der Waals surface area contributed by atoms with Gasteiger partial charge in [0.1, 0.15) is 0 Å². The van der Waals surface area contributed by atoms with Gasteiger partial charge in [0.25, 0.3) is 11.5 Å². The average molecular weight is 347 g/mol. The molecule has 1 saturated heterocycles. The molecule has 1 aliphatic heterocycles. The van der Waals surface area contributed by atoms with Crippen LogP contribution in [0.5, 0.6) is 0 Å². The SMILES string of the molecule is CCn1c(=S)[nH]c2cc(C(=O)NC[C@@H]3CCCOC3)ccc2c1=O. The van der Waals surface area contributed by atoms with Gasteiger partial charge >= 0.3 is 0 Å². The third kappa shape index (κ3) is 3.42. The molecule has 1 aromatic carbocycles. The second-order valence-corrected chi connectivity index (χ2v) is 6.42. The number of ether oxygens (including phenoxy) is 1. The normalized spacial score (nSPS) is 17.8. The van der Waals surface area contributed by atoms with Crippen molar-refractivity contribution in [2.75, 3.05) is 19.8 Å². The Morgan fingerprint density at radius 1 is 1.50 bits per heavy atom. The first-order chi connectivity index (χ1) is 11.6. The van der Waals surface area contributed by atoms with Crippen LogP contribution in [-0.4, -0.2) is 35.2 Å². The Labute approximate surface area is 144 Å². The monoisotopic (exact) mass is 347 g/mol. The van der Waals surface area contributed by atoms with Crippen LogP contribution in [-0.2, 0) is 11.3 Å². The quantitative estimate of drug-likeness (QED) is 0.832. The van der Waals surface area contributed by atoms with E-state index in [1.54, 1.807) is 18.2 Å². The van der Waals surface area contributed by atoms with Crippen molar-refractivity contribution in [2.24, 2.45) is 5.92 Å². The number of aromatic amines is 1. The fourth-order valence-corrected chi connectivity index (χ4v) is 3.31. The Morgan fingerprint density at radius 2 is 2.33 bits per heavy atom. The summed E-state index contributed by atoms with van der Waals surface area (Å²) in [5.41, 5.74) is 0.962. The van der Waals surface area contributed by atoms with Crippen molar-refractivity contribution in [3.8, 4) is 0 Å². The summed E-state index contributed by atoms with van der Waals surface area (Å²) >= 11 is 5.20. The van der Waals surface area contributed by atoms with Crippen LogP contribution in [0.25, 0.3) is 10.9 Å². The van der Waals surface area contributed by atoms with E-state index in [1.807, 2.05) is 6.92 Å². The highest BCUT2D eigenvalue weighted by Crippen LogP contribution is 2.14. The summed E-state index contributed by atoms with van der Waals surface area (Å²) in [7, 11) is 0. The Bertz CT molecular complexity index is 865. The number of rotatable bonds is 4. The molecule has 0 aliphatic carbocycles. The number of hydrogen-bond donors (Lipinski definition) is 2. The van der Waals surface area contributed by atoms with E-state index in [2.05, 4.69) is 10.3 Å². The fraction of sp³-hybridized carbons (Fsp3) is 0.471. The Hall–Kier alpha value is -1.99. The van der Waals surface area contributed by atoms with Gasteiger partial charge in [-0.05, 0) is 56.1 Å². The van der Waals surface area contributed by atoms with E-state index in [-0.39, 0.29) is 11.5 Å². The summed E-state index contributed by atoms with van der Waals surface area (Å²) in [6, 6.07) is 5.03. The van der Waals surface area contributed by atoms with Gasteiger partial charge in [0.2, 0.25) is 0 Å². The van der Waals surface area contributed by atoms with Crippen LogP contribution in [0.4, 0.5) is 0 Å². The minimum absolute atomic E-state index is 0.137. The van der Waals surface area contributed by atoms with E-state index in [0.717, 1.165) is 19.4 Å². The van der Waals surface area contributed by atoms with Crippen LogP contribution in [0.1, 0.15) is 30.1 Å². The topological polar surface area (TPSA) is 76.1 Å². The number of carbonyl (C=O) groups excluding carboxylic acids is 1. The molecule has 0 spiro atoms. The van der Waals surface area contributed by atoms with E-state index < -0.39 is 0 Å².